The number of nitrogens with one attached hydrogen (secondary N) is 2. The lowest BCUT2D eigenvalue weighted by Gasteiger charge is -2.05. The van der Waals surface area contributed by atoms with E-state index in [2.05, 4.69) is 67.7 Å². The summed E-state index contributed by atoms with van der Waals surface area (Å²) in [6.07, 6.45) is 9.37. The molecule has 0 bridgehead atoms. The number of hydrogen-bond acceptors (Lipinski definition) is 2. The minimum atomic E-state index is 0.875. The lowest BCUT2D eigenvalue weighted by molar-refractivity contribution is 0.622. The second-order valence-electron chi connectivity index (χ2n) is 5.50. The topological polar surface area (TPSA) is 40.7 Å². The van der Waals surface area contributed by atoms with E-state index in [0.717, 1.165) is 24.0 Å². The van der Waals surface area contributed by atoms with E-state index in [1.54, 1.807) is 0 Å². The summed E-state index contributed by atoms with van der Waals surface area (Å²) in [5.41, 5.74) is 3.87. The second-order valence-corrected chi connectivity index (χ2v) is 6.42. The summed E-state index contributed by atoms with van der Waals surface area (Å²) in [6, 6.07) is 10.6. The van der Waals surface area contributed by atoms with Crippen molar-refractivity contribution in [2.24, 2.45) is 0 Å². The molecule has 0 aliphatic rings. The normalized spacial score (nSPS) is 11.1. The number of H-pyrrole nitrogens is 1. The number of unbranched alkanes of at least 4 members (excludes halogenated alkanes) is 1. The summed E-state index contributed by atoms with van der Waals surface area (Å²) in [5, 5.41) is 4.83. The molecule has 0 atom stereocenters. The van der Waals surface area contributed by atoms with Crippen molar-refractivity contribution in [3.8, 4) is 0 Å². The first-order chi connectivity index (χ1) is 10.8. The predicted molar refractivity (Wildman–Crippen MR) is 94.9 cm³/mol. The molecule has 0 saturated heterocycles. The standard InChI is InChI=1S/C18H20BrN3/c19-16-9-14(11-21-13-16)10-20-8-4-3-5-15-12-22-18-7-2-1-6-17(15)18/h1-2,6-7,9,11-13,20,22H,3-5,8,10H2. The Balaban J connectivity index is 1.39. The molecular weight excluding hydrogens is 338 g/mol. The Morgan fingerprint density at radius 3 is 2.95 bits per heavy atom. The van der Waals surface area contributed by atoms with Gasteiger partial charge in [0.15, 0.2) is 0 Å². The molecular formula is C18H20BrN3. The number of rotatable bonds is 7. The van der Waals surface area contributed by atoms with Crippen molar-refractivity contribution >= 4 is 26.8 Å². The average molecular weight is 358 g/mol. The van der Waals surface area contributed by atoms with Crippen molar-refractivity contribution in [2.45, 2.75) is 25.8 Å². The van der Waals surface area contributed by atoms with Gasteiger partial charge in [-0.3, -0.25) is 4.98 Å². The molecule has 0 radical (unpaired) electrons. The van der Waals surface area contributed by atoms with Crippen molar-refractivity contribution in [3.63, 3.8) is 0 Å². The zero-order valence-electron chi connectivity index (χ0n) is 12.5. The van der Waals surface area contributed by atoms with Gasteiger partial charge in [-0.25, -0.2) is 0 Å². The molecule has 0 aliphatic carbocycles. The van der Waals surface area contributed by atoms with Crippen LogP contribution in [-0.2, 0) is 13.0 Å². The van der Waals surface area contributed by atoms with Gasteiger partial charge in [0.1, 0.15) is 0 Å². The minimum absolute atomic E-state index is 0.875. The highest BCUT2D eigenvalue weighted by Gasteiger charge is 2.02. The molecule has 0 fully saturated rings. The van der Waals surface area contributed by atoms with Gasteiger partial charge in [0.2, 0.25) is 0 Å². The fourth-order valence-electron chi connectivity index (χ4n) is 2.69. The molecule has 0 saturated carbocycles. The Hall–Kier alpha value is -1.65. The van der Waals surface area contributed by atoms with Crippen molar-refractivity contribution in [2.75, 3.05) is 6.54 Å². The third kappa shape index (κ3) is 3.96. The highest BCUT2D eigenvalue weighted by Crippen LogP contribution is 2.19. The number of fused-ring (bicyclic) bond motifs is 1. The zero-order valence-corrected chi connectivity index (χ0v) is 14.1. The van der Waals surface area contributed by atoms with Gasteiger partial charge >= 0.3 is 0 Å². The maximum absolute atomic E-state index is 4.17. The fourth-order valence-corrected chi connectivity index (χ4v) is 3.10. The predicted octanol–water partition coefficient (Wildman–Crippen LogP) is 4.44. The number of pyridine rings is 1. The van der Waals surface area contributed by atoms with Crippen LogP contribution in [0.1, 0.15) is 24.0 Å². The molecule has 2 N–H and O–H groups in total. The van der Waals surface area contributed by atoms with E-state index in [1.807, 2.05) is 12.4 Å². The van der Waals surface area contributed by atoms with Crippen molar-refractivity contribution in [1.82, 2.24) is 15.3 Å². The van der Waals surface area contributed by atoms with Crippen LogP contribution in [0.5, 0.6) is 0 Å². The largest absolute Gasteiger partial charge is 0.361 e. The quantitative estimate of drug-likeness (QED) is 0.613. The smallest absolute Gasteiger partial charge is 0.0456 e. The molecule has 3 rings (SSSR count). The minimum Gasteiger partial charge on any atom is -0.361 e. The number of para-hydroxylation sites is 1. The summed E-state index contributed by atoms with van der Waals surface area (Å²) in [5.74, 6) is 0. The molecule has 3 aromatic rings. The summed E-state index contributed by atoms with van der Waals surface area (Å²) in [7, 11) is 0. The van der Waals surface area contributed by atoms with Crippen LogP contribution in [0.25, 0.3) is 10.9 Å². The average Bonchev–Trinajstić information content (AvgIpc) is 2.94. The number of benzene rings is 1. The van der Waals surface area contributed by atoms with Crippen molar-refractivity contribution in [3.05, 3.63) is 64.5 Å². The highest BCUT2D eigenvalue weighted by molar-refractivity contribution is 9.10. The Morgan fingerprint density at radius 2 is 2.05 bits per heavy atom. The molecule has 2 aromatic heterocycles. The molecule has 0 amide bonds. The van der Waals surface area contributed by atoms with Gasteiger partial charge in [-0.05, 0) is 65.0 Å². The number of nitrogens with zero attached hydrogens (tertiary/aromatic N) is 1. The molecule has 0 spiro atoms. The molecule has 3 nitrogen and oxygen atoms in total. The highest BCUT2D eigenvalue weighted by atomic mass is 79.9. The molecule has 22 heavy (non-hydrogen) atoms. The van der Waals surface area contributed by atoms with Gasteiger partial charge in [-0.1, -0.05) is 18.2 Å². The van der Waals surface area contributed by atoms with Gasteiger partial charge in [0, 0.05) is 40.5 Å². The van der Waals surface area contributed by atoms with Crippen molar-refractivity contribution < 1.29 is 0 Å². The van der Waals surface area contributed by atoms with E-state index in [-0.39, 0.29) is 0 Å². The van der Waals surface area contributed by atoms with E-state index in [1.165, 1.54) is 34.9 Å². The van der Waals surface area contributed by atoms with Crippen LogP contribution < -0.4 is 5.32 Å². The summed E-state index contributed by atoms with van der Waals surface area (Å²) >= 11 is 3.44. The van der Waals surface area contributed by atoms with Gasteiger partial charge in [-0.15, -0.1) is 0 Å². The Kier molecular flexibility index (Phi) is 5.24. The third-order valence-corrected chi connectivity index (χ3v) is 4.25. The van der Waals surface area contributed by atoms with E-state index in [0.29, 0.717) is 0 Å². The Bertz CT molecular complexity index is 736. The summed E-state index contributed by atoms with van der Waals surface area (Å²) in [4.78, 5) is 7.51. The number of aromatic nitrogens is 2. The van der Waals surface area contributed by atoms with Crippen molar-refractivity contribution in [1.29, 1.82) is 0 Å². The van der Waals surface area contributed by atoms with E-state index < -0.39 is 0 Å². The summed E-state index contributed by atoms with van der Waals surface area (Å²) < 4.78 is 1.03. The zero-order chi connectivity index (χ0) is 15.2. The van der Waals surface area contributed by atoms with Crippen LogP contribution >= 0.6 is 15.9 Å². The lowest BCUT2D eigenvalue weighted by Crippen LogP contribution is -2.14. The fraction of sp³-hybridized carbons (Fsp3) is 0.278. The van der Waals surface area contributed by atoms with E-state index >= 15 is 0 Å². The maximum atomic E-state index is 4.17. The molecule has 1 aromatic carbocycles. The van der Waals surface area contributed by atoms with E-state index in [9.17, 15) is 0 Å². The number of hydrogen-bond donors (Lipinski definition) is 2. The third-order valence-electron chi connectivity index (χ3n) is 3.82. The van der Waals surface area contributed by atoms with Crippen LogP contribution in [0.4, 0.5) is 0 Å². The van der Waals surface area contributed by atoms with E-state index in [4.69, 9.17) is 0 Å². The first-order valence-corrected chi connectivity index (χ1v) is 8.47. The second kappa shape index (κ2) is 7.56. The van der Waals surface area contributed by atoms with Crippen LogP contribution in [0.3, 0.4) is 0 Å². The van der Waals surface area contributed by atoms with Crippen LogP contribution in [0, 0.1) is 0 Å². The van der Waals surface area contributed by atoms with Crippen LogP contribution in [0.2, 0.25) is 0 Å². The first kappa shape index (κ1) is 15.3. The van der Waals surface area contributed by atoms with Crippen LogP contribution in [0.15, 0.2) is 53.4 Å². The number of aryl methyl sites for hydroxylation is 1. The first-order valence-electron chi connectivity index (χ1n) is 7.68. The monoisotopic (exact) mass is 357 g/mol. The van der Waals surface area contributed by atoms with Gasteiger partial charge in [0.25, 0.3) is 0 Å². The number of halogens is 1. The van der Waals surface area contributed by atoms with Crippen LogP contribution in [-0.4, -0.2) is 16.5 Å². The maximum Gasteiger partial charge on any atom is 0.0456 e. The SMILES string of the molecule is Brc1cncc(CNCCCCc2c[nH]c3ccccc23)c1. The molecule has 4 heteroatoms. The molecule has 0 unspecified atom stereocenters. The Morgan fingerprint density at radius 1 is 1.14 bits per heavy atom. The lowest BCUT2D eigenvalue weighted by atomic mass is 10.1. The van der Waals surface area contributed by atoms with Gasteiger partial charge in [-0.2, -0.15) is 0 Å². The molecule has 2 heterocycles. The summed E-state index contributed by atoms with van der Waals surface area (Å²) in [6.45, 7) is 1.91. The van der Waals surface area contributed by atoms with Gasteiger partial charge < -0.3 is 10.3 Å². The number of aromatic amines is 1. The molecule has 114 valence electrons. The molecule has 0 aliphatic heterocycles. The van der Waals surface area contributed by atoms with Gasteiger partial charge in [0.05, 0.1) is 0 Å². The Labute approximate surface area is 139 Å².